The minimum Gasteiger partial charge on any atom is -0.360 e. The number of aryl methyl sites for hydroxylation is 2. The summed E-state index contributed by atoms with van der Waals surface area (Å²) in [4.78, 5) is 17.6. The van der Waals surface area contributed by atoms with E-state index in [2.05, 4.69) is 25.4 Å². The lowest BCUT2D eigenvalue weighted by Crippen LogP contribution is -2.07. The van der Waals surface area contributed by atoms with E-state index in [4.69, 9.17) is 9.51 Å². The number of nitrogens with zero attached hydrogens (tertiary/aromatic N) is 5. The van der Waals surface area contributed by atoms with Crippen LogP contribution in [-0.2, 0) is 13.0 Å². The Bertz CT molecular complexity index is 1130. The zero-order chi connectivity index (χ0) is 20.2. The van der Waals surface area contributed by atoms with Crippen molar-refractivity contribution in [1.29, 1.82) is 0 Å². The minimum atomic E-state index is -0.278. The van der Waals surface area contributed by atoms with Crippen LogP contribution in [0.1, 0.15) is 23.9 Å². The van der Waals surface area contributed by atoms with Gasteiger partial charge in [0, 0.05) is 42.7 Å². The summed E-state index contributed by atoms with van der Waals surface area (Å²) in [6.45, 7) is 4.12. The molecule has 0 aliphatic carbocycles. The maximum absolute atomic E-state index is 13.9. The van der Waals surface area contributed by atoms with Gasteiger partial charge in [-0.15, -0.1) is 0 Å². The second kappa shape index (κ2) is 8.14. The second-order valence-electron chi connectivity index (χ2n) is 6.41. The number of benzene rings is 1. The number of aromatic nitrogens is 5. The highest BCUT2D eigenvalue weighted by Crippen LogP contribution is 2.34. The average Bonchev–Trinajstić information content (AvgIpc) is 3.14. The van der Waals surface area contributed by atoms with Crippen LogP contribution in [0.3, 0.4) is 0 Å². The van der Waals surface area contributed by atoms with E-state index in [0.717, 1.165) is 22.6 Å². The van der Waals surface area contributed by atoms with Gasteiger partial charge in [0.05, 0.1) is 28.8 Å². The van der Waals surface area contributed by atoms with E-state index in [1.165, 1.54) is 6.07 Å². The van der Waals surface area contributed by atoms with Crippen molar-refractivity contribution in [2.75, 3.05) is 5.32 Å². The van der Waals surface area contributed by atoms with Gasteiger partial charge in [-0.2, -0.15) is 0 Å². The van der Waals surface area contributed by atoms with Gasteiger partial charge in [0.2, 0.25) is 5.95 Å². The third-order valence-corrected chi connectivity index (χ3v) is 4.51. The van der Waals surface area contributed by atoms with E-state index >= 15 is 0 Å². The van der Waals surface area contributed by atoms with Crippen molar-refractivity contribution in [2.24, 2.45) is 0 Å². The standard InChI is InChI=1S/C21H19FN6O/c1-3-18-19(13(2)28-29-18)20-15(17-12-23-8-9-24-17)11-26-21(27-20)25-10-14-6-4-5-7-16(14)22/h4-9,11-12H,3,10H2,1-2H3,(H,25,26,27). The van der Waals surface area contributed by atoms with Crippen LogP contribution >= 0.6 is 0 Å². The first-order valence-electron chi connectivity index (χ1n) is 9.23. The summed E-state index contributed by atoms with van der Waals surface area (Å²) in [5, 5.41) is 7.18. The van der Waals surface area contributed by atoms with Gasteiger partial charge in [0.25, 0.3) is 0 Å². The van der Waals surface area contributed by atoms with Gasteiger partial charge in [-0.1, -0.05) is 30.3 Å². The van der Waals surface area contributed by atoms with Crippen LogP contribution in [0.25, 0.3) is 22.5 Å². The van der Waals surface area contributed by atoms with Crippen LogP contribution in [-0.4, -0.2) is 25.1 Å². The summed E-state index contributed by atoms with van der Waals surface area (Å²) >= 11 is 0. The highest BCUT2D eigenvalue weighted by Gasteiger charge is 2.21. The van der Waals surface area contributed by atoms with Crippen molar-refractivity contribution in [3.63, 3.8) is 0 Å². The molecule has 1 aromatic carbocycles. The Hall–Kier alpha value is -3.68. The number of rotatable bonds is 6. The van der Waals surface area contributed by atoms with Gasteiger partial charge in [0.15, 0.2) is 0 Å². The van der Waals surface area contributed by atoms with Crippen LogP contribution in [0, 0.1) is 12.7 Å². The lowest BCUT2D eigenvalue weighted by molar-refractivity contribution is 0.383. The quantitative estimate of drug-likeness (QED) is 0.527. The van der Waals surface area contributed by atoms with E-state index < -0.39 is 0 Å². The van der Waals surface area contributed by atoms with Gasteiger partial charge in [-0.25, -0.2) is 14.4 Å². The molecule has 146 valence electrons. The molecule has 0 amide bonds. The van der Waals surface area contributed by atoms with Crippen molar-refractivity contribution >= 4 is 5.95 Å². The molecule has 1 N–H and O–H groups in total. The highest BCUT2D eigenvalue weighted by atomic mass is 19.1. The number of anilines is 1. The first-order valence-corrected chi connectivity index (χ1v) is 9.23. The van der Waals surface area contributed by atoms with Gasteiger partial charge in [-0.05, 0) is 13.0 Å². The average molecular weight is 390 g/mol. The summed E-state index contributed by atoms with van der Waals surface area (Å²) in [5.41, 5.74) is 4.08. The van der Waals surface area contributed by atoms with Crippen molar-refractivity contribution in [1.82, 2.24) is 25.1 Å². The first kappa shape index (κ1) is 18.7. The fourth-order valence-corrected chi connectivity index (χ4v) is 3.06. The van der Waals surface area contributed by atoms with Crippen LogP contribution < -0.4 is 5.32 Å². The highest BCUT2D eigenvalue weighted by molar-refractivity contribution is 5.80. The number of hydrogen-bond donors (Lipinski definition) is 1. The maximum Gasteiger partial charge on any atom is 0.223 e. The lowest BCUT2D eigenvalue weighted by Gasteiger charge is -2.11. The molecular formula is C21H19FN6O. The molecule has 0 aliphatic heterocycles. The smallest absolute Gasteiger partial charge is 0.223 e. The molecule has 0 radical (unpaired) electrons. The van der Waals surface area contributed by atoms with E-state index in [1.54, 1.807) is 43.0 Å². The fourth-order valence-electron chi connectivity index (χ4n) is 3.06. The Morgan fingerprint density at radius 1 is 1.10 bits per heavy atom. The molecule has 0 saturated heterocycles. The minimum absolute atomic E-state index is 0.264. The molecule has 3 heterocycles. The molecule has 7 nitrogen and oxygen atoms in total. The predicted octanol–water partition coefficient (Wildman–Crippen LogP) is 4.21. The third-order valence-electron chi connectivity index (χ3n) is 4.51. The summed E-state index contributed by atoms with van der Waals surface area (Å²) in [7, 11) is 0. The molecule has 8 heteroatoms. The molecule has 0 spiro atoms. The van der Waals surface area contributed by atoms with Gasteiger partial charge in [0.1, 0.15) is 11.6 Å². The Morgan fingerprint density at radius 2 is 1.97 bits per heavy atom. The topological polar surface area (TPSA) is 89.6 Å². The molecule has 3 aromatic heterocycles. The third kappa shape index (κ3) is 3.82. The molecule has 0 atom stereocenters. The largest absolute Gasteiger partial charge is 0.360 e. The SMILES string of the molecule is CCc1onc(C)c1-c1nc(NCc2ccccc2F)ncc1-c1cnccn1. The molecule has 29 heavy (non-hydrogen) atoms. The Kier molecular flexibility index (Phi) is 5.24. The predicted molar refractivity (Wildman–Crippen MR) is 106 cm³/mol. The van der Waals surface area contributed by atoms with Gasteiger partial charge < -0.3 is 9.84 Å². The van der Waals surface area contributed by atoms with Crippen LogP contribution in [0.2, 0.25) is 0 Å². The first-order chi connectivity index (χ1) is 14.2. The van der Waals surface area contributed by atoms with Crippen LogP contribution in [0.5, 0.6) is 0 Å². The van der Waals surface area contributed by atoms with Crippen molar-refractivity contribution < 1.29 is 8.91 Å². The van der Waals surface area contributed by atoms with E-state index in [-0.39, 0.29) is 12.4 Å². The summed E-state index contributed by atoms with van der Waals surface area (Å²) in [6, 6.07) is 6.59. The maximum atomic E-state index is 13.9. The van der Waals surface area contributed by atoms with Crippen molar-refractivity contribution in [3.8, 4) is 22.5 Å². The zero-order valence-corrected chi connectivity index (χ0v) is 16.1. The Morgan fingerprint density at radius 3 is 2.72 bits per heavy atom. The van der Waals surface area contributed by atoms with Crippen LogP contribution in [0.15, 0.2) is 53.6 Å². The Balaban J connectivity index is 1.76. The molecule has 4 rings (SSSR count). The molecule has 0 unspecified atom stereocenters. The summed E-state index contributed by atoms with van der Waals surface area (Å²) in [6.07, 6.45) is 7.23. The molecule has 0 aliphatic rings. The summed E-state index contributed by atoms with van der Waals surface area (Å²) < 4.78 is 19.4. The summed E-state index contributed by atoms with van der Waals surface area (Å²) in [5.74, 6) is 0.824. The molecular weight excluding hydrogens is 371 g/mol. The van der Waals surface area contributed by atoms with Gasteiger partial charge in [-0.3, -0.25) is 9.97 Å². The molecule has 0 saturated carbocycles. The zero-order valence-electron chi connectivity index (χ0n) is 16.1. The molecule has 0 fully saturated rings. The van der Waals surface area contributed by atoms with Crippen molar-refractivity contribution in [2.45, 2.75) is 26.8 Å². The van der Waals surface area contributed by atoms with E-state index in [0.29, 0.717) is 29.3 Å². The monoisotopic (exact) mass is 390 g/mol. The van der Waals surface area contributed by atoms with E-state index in [9.17, 15) is 4.39 Å². The van der Waals surface area contributed by atoms with Gasteiger partial charge >= 0.3 is 0 Å². The molecule has 0 bridgehead atoms. The number of hydrogen-bond acceptors (Lipinski definition) is 7. The lowest BCUT2D eigenvalue weighted by atomic mass is 10.0. The van der Waals surface area contributed by atoms with E-state index in [1.807, 2.05) is 13.8 Å². The fraction of sp³-hybridized carbons (Fsp3) is 0.190. The normalized spacial score (nSPS) is 10.9. The van der Waals surface area contributed by atoms with Crippen molar-refractivity contribution in [3.05, 3.63) is 71.9 Å². The second-order valence-corrected chi connectivity index (χ2v) is 6.41. The number of nitrogens with one attached hydrogen (secondary N) is 1. The Labute approximate surface area is 167 Å². The molecule has 4 aromatic rings. The van der Waals surface area contributed by atoms with Crippen LogP contribution in [0.4, 0.5) is 10.3 Å². The number of halogens is 1.